The van der Waals surface area contributed by atoms with E-state index in [9.17, 15) is 14.7 Å². The summed E-state index contributed by atoms with van der Waals surface area (Å²) in [4.78, 5) is 31.3. The summed E-state index contributed by atoms with van der Waals surface area (Å²) in [6, 6.07) is 12.9. The van der Waals surface area contributed by atoms with E-state index in [4.69, 9.17) is 9.15 Å². The number of aliphatic hydroxyl groups excluding tert-OH is 1. The van der Waals surface area contributed by atoms with Crippen LogP contribution in [0.4, 0.5) is 0 Å². The third kappa shape index (κ3) is 3.45. The van der Waals surface area contributed by atoms with Crippen LogP contribution in [0.2, 0.25) is 0 Å². The first-order valence-corrected chi connectivity index (χ1v) is 9.37. The minimum atomic E-state index is -0.856. The molecular formula is C23H20N2O5. The molecule has 1 aliphatic heterocycles. The number of furan rings is 1. The van der Waals surface area contributed by atoms with Crippen LogP contribution in [0.15, 0.2) is 70.9 Å². The highest BCUT2D eigenvalue weighted by molar-refractivity contribution is 6.46. The quantitative estimate of drug-likeness (QED) is 0.397. The third-order valence-electron chi connectivity index (χ3n) is 4.99. The standard InChI is InChI=1S/C23H20N2O5/c1-14-8-9-18(30-14)20-19(21(26)16-6-3-7-17(11-16)29-2)22(27)23(28)25(20)13-15-5-4-10-24-12-15/h3-12,20,26H,13H2,1-2H3/b21-19+/t20-/m1/s1. The number of likely N-dealkylation sites (tertiary alicyclic amines) is 1. The molecule has 0 aliphatic carbocycles. The number of hydrogen-bond acceptors (Lipinski definition) is 6. The molecule has 0 radical (unpaired) electrons. The second-order valence-corrected chi connectivity index (χ2v) is 6.97. The summed E-state index contributed by atoms with van der Waals surface area (Å²) in [6.45, 7) is 1.93. The van der Waals surface area contributed by atoms with Crippen LogP contribution in [-0.2, 0) is 16.1 Å². The summed E-state index contributed by atoms with van der Waals surface area (Å²) in [5.74, 6) is -0.187. The molecule has 152 valence electrons. The van der Waals surface area contributed by atoms with Crippen molar-refractivity contribution in [2.24, 2.45) is 0 Å². The van der Waals surface area contributed by atoms with E-state index in [1.807, 2.05) is 6.07 Å². The van der Waals surface area contributed by atoms with Gasteiger partial charge in [0.15, 0.2) is 0 Å². The average molecular weight is 404 g/mol. The number of pyridine rings is 1. The Morgan fingerprint density at radius 3 is 2.70 bits per heavy atom. The molecule has 0 spiro atoms. The van der Waals surface area contributed by atoms with Crippen LogP contribution in [0, 0.1) is 6.92 Å². The van der Waals surface area contributed by atoms with Crippen LogP contribution in [0.3, 0.4) is 0 Å². The normalized spacial score (nSPS) is 18.1. The highest BCUT2D eigenvalue weighted by Gasteiger charge is 2.47. The Hall–Kier alpha value is -3.87. The summed E-state index contributed by atoms with van der Waals surface area (Å²) in [6.07, 6.45) is 3.26. The fraction of sp³-hybridized carbons (Fsp3) is 0.174. The topological polar surface area (TPSA) is 92.9 Å². The van der Waals surface area contributed by atoms with Crippen molar-refractivity contribution in [2.45, 2.75) is 19.5 Å². The van der Waals surface area contributed by atoms with Crippen molar-refractivity contribution in [1.82, 2.24) is 9.88 Å². The minimum absolute atomic E-state index is 0.0218. The molecule has 3 aromatic rings. The molecule has 7 nitrogen and oxygen atoms in total. The third-order valence-corrected chi connectivity index (χ3v) is 4.99. The van der Waals surface area contributed by atoms with Crippen LogP contribution in [0.25, 0.3) is 5.76 Å². The number of methoxy groups -OCH3 is 1. The number of nitrogens with zero attached hydrogens (tertiary/aromatic N) is 2. The van der Waals surface area contributed by atoms with Crippen molar-refractivity contribution in [3.63, 3.8) is 0 Å². The van der Waals surface area contributed by atoms with E-state index in [2.05, 4.69) is 4.98 Å². The lowest BCUT2D eigenvalue weighted by atomic mass is 9.99. The molecule has 1 N–H and O–H groups in total. The van der Waals surface area contributed by atoms with Crippen molar-refractivity contribution < 1.29 is 23.8 Å². The van der Waals surface area contributed by atoms with Crippen LogP contribution in [0.1, 0.15) is 28.7 Å². The molecule has 0 bridgehead atoms. The monoisotopic (exact) mass is 404 g/mol. The van der Waals surface area contributed by atoms with Crippen molar-refractivity contribution in [2.75, 3.05) is 7.11 Å². The van der Waals surface area contributed by atoms with Crippen molar-refractivity contribution in [3.8, 4) is 5.75 Å². The zero-order valence-corrected chi connectivity index (χ0v) is 16.5. The Balaban J connectivity index is 1.85. The summed E-state index contributed by atoms with van der Waals surface area (Å²) >= 11 is 0. The molecule has 3 heterocycles. The second-order valence-electron chi connectivity index (χ2n) is 6.97. The lowest BCUT2D eigenvalue weighted by molar-refractivity contribution is -0.140. The maximum atomic E-state index is 13.0. The fourth-order valence-electron chi connectivity index (χ4n) is 3.55. The van der Waals surface area contributed by atoms with Gasteiger partial charge in [-0.25, -0.2) is 0 Å². The van der Waals surface area contributed by atoms with Gasteiger partial charge in [-0.3, -0.25) is 14.6 Å². The van der Waals surface area contributed by atoms with Gasteiger partial charge in [0, 0.05) is 24.5 Å². The van der Waals surface area contributed by atoms with E-state index in [0.29, 0.717) is 22.8 Å². The molecule has 1 saturated heterocycles. The van der Waals surface area contributed by atoms with Crippen LogP contribution in [0.5, 0.6) is 5.75 Å². The van der Waals surface area contributed by atoms with Gasteiger partial charge in [0.05, 0.1) is 12.7 Å². The Morgan fingerprint density at radius 2 is 2.03 bits per heavy atom. The zero-order chi connectivity index (χ0) is 21.3. The van der Waals surface area contributed by atoms with E-state index in [-0.39, 0.29) is 17.9 Å². The van der Waals surface area contributed by atoms with E-state index < -0.39 is 17.7 Å². The van der Waals surface area contributed by atoms with Crippen LogP contribution >= 0.6 is 0 Å². The molecular weight excluding hydrogens is 384 g/mol. The molecule has 1 atom stereocenters. The predicted octanol–water partition coefficient (Wildman–Crippen LogP) is 3.61. The Morgan fingerprint density at radius 1 is 1.20 bits per heavy atom. The first-order chi connectivity index (χ1) is 14.5. The SMILES string of the molecule is COc1cccc(/C(O)=C2\C(=O)C(=O)N(Cc3cccnc3)[C@@H]2c2ccc(C)o2)c1. The Labute approximate surface area is 173 Å². The molecule has 1 aliphatic rings. The van der Waals surface area contributed by atoms with Crippen molar-refractivity contribution >= 4 is 17.4 Å². The van der Waals surface area contributed by atoms with Gasteiger partial charge >= 0.3 is 0 Å². The summed E-state index contributed by atoms with van der Waals surface area (Å²) < 4.78 is 11.0. The number of rotatable bonds is 5. The van der Waals surface area contributed by atoms with Gasteiger partial charge in [-0.05, 0) is 42.8 Å². The zero-order valence-electron chi connectivity index (χ0n) is 16.5. The first-order valence-electron chi connectivity index (χ1n) is 9.37. The fourth-order valence-corrected chi connectivity index (χ4v) is 3.55. The maximum Gasteiger partial charge on any atom is 0.296 e. The molecule has 0 unspecified atom stereocenters. The van der Waals surface area contributed by atoms with Gasteiger partial charge < -0.3 is 19.2 Å². The number of hydrogen-bond donors (Lipinski definition) is 1. The number of benzene rings is 1. The van der Waals surface area contributed by atoms with E-state index in [0.717, 1.165) is 5.56 Å². The summed E-state index contributed by atoms with van der Waals surface area (Å²) in [5.41, 5.74) is 1.11. The van der Waals surface area contributed by atoms with E-state index >= 15 is 0 Å². The number of amides is 1. The number of carbonyl (C=O) groups excluding carboxylic acids is 2. The number of aryl methyl sites for hydroxylation is 1. The van der Waals surface area contributed by atoms with Crippen molar-refractivity contribution in [3.05, 3.63) is 89.1 Å². The molecule has 1 aromatic carbocycles. The number of carbonyl (C=O) groups is 2. The van der Waals surface area contributed by atoms with Gasteiger partial charge in [-0.1, -0.05) is 18.2 Å². The molecule has 1 amide bonds. The second kappa shape index (κ2) is 7.87. The minimum Gasteiger partial charge on any atom is -0.507 e. The van der Waals surface area contributed by atoms with Crippen molar-refractivity contribution in [1.29, 1.82) is 0 Å². The van der Waals surface area contributed by atoms with E-state index in [1.165, 1.54) is 12.0 Å². The summed E-state index contributed by atoms with van der Waals surface area (Å²) in [5, 5.41) is 11.0. The highest BCUT2D eigenvalue weighted by Crippen LogP contribution is 2.41. The number of aromatic nitrogens is 1. The van der Waals surface area contributed by atoms with Gasteiger partial charge in [0.25, 0.3) is 11.7 Å². The lowest BCUT2D eigenvalue weighted by Crippen LogP contribution is -2.29. The highest BCUT2D eigenvalue weighted by atomic mass is 16.5. The van der Waals surface area contributed by atoms with Crippen LogP contribution in [-0.4, -0.2) is 33.8 Å². The molecule has 4 rings (SSSR count). The van der Waals surface area contributed by atoms with Gasteiger partial charge in [0.1, 0.15) is 29.1 Å². The number of Topliss-reactive ketones (excluding diaryl/α,β-unsaturated/α-hetero) is 1. The number of aliphatic hydroxyl groups is 1. The van der Waals surface area contributed by atoms with Crippen LogP contribution < -0.4 is 4.74 Å². The Kier molecular flexibility index (Phi) is 5.10. The molecule has 1 fully saturated rings. The number of ether oxygens (including phenoxy) is 1. The maximum absolute atomic E-state index is 13.0. The smallest absolute Gasteiger partial charge is 0.296 e. The molecule has 0 saturated carbocycles. The summed E-state index contributed by atoms with van der Waals surface area (Å²) in [7, 11) is 1.51. The van der Waals surface area contributed by atoms with E-state index in [1.54, 1.807) is 61.8 Å². The first kappa shape index (κ1) is 19.4. The van der Waals surface area contributed by atoms with Gasteiger partial charge in [0.2, 0.25) is 0 Å². The molecule has 7 heteroatoms. The Bertz CT molecular complexity index is 1130. The average Bonchev–Trinajstić information content (AvgIpc) is 3.30. The number of ketones is 1. The largest absolute Gasteiger partial charge is 0.507 e. The van der Waals surface area contributed by atoms with Gasteiger partial charge in [-0.15, -0.1) is 0 Å². The molecule has 2 aromatic heterocycles. The lowest BCUT2D eigenvalue weighted by Gasteiger charge is -2.23. The predicted molar refractivity (Wildman–Crippen MR) is 109 cm³/mol. The molecule has 30 heavy (non-hydrogen) atoms. The van der Waals surface area contributed by atoms with Gasteiger partial charge in [-0.2, -0.15) is 0 Å².